The molecule has 3 N–H and O–H groups in total. The Morgan fingerprint density at radius 3 is 2.67 bits per heavy atom. The van der Waals surface area contributed by atoms with Crippen LogP contribution in [0, 0.1) is 0 Å². The predicted octanol–water partition coefficient (Wildman–Crippen LogP) is -1.71. The predicted molar refractivity (Wildman–Crippen MR) is 51.8 cm³/mol. The largest absolute Gasteiger partial charge is 0.394 e. The van der Waals surface area contributed by atoms with Gasteiger partial charge in [-0.25, -0.2) is 13.6 Å². The van der Waals surface area contributed by atoms with Crippen molar-refractivity contribution in [3.8, 4) is 0 Å². The lowest BCUT2D eigenvalue weighted by atomic mass is 10.1. The van der Waals surface area contributed by atoms with Crippen molar-refractivity contribution in [3.63, 3.8) is 0 Å². The molecule has 2 heterocycles. The molecule has 0 radical (unpaired) electrons. The number of nitrogens with zero attached hydrogens (tertiary/aromatic N) is 1. The molecule has 102 valence electrons. The average molecular weight is 266 g/mol. The molecule has 2 aliphatic rings. The Bertz CT molecular complexity index is 369. The van der Waals surface area contributed by atoms with Gasteiger partial charge in [0.1, 0.15) is 12.2 Å². The van der Waals surface area contributed by atoms with E-state index in [2.05, 4.69) is 0 Å². The number of halogens is 2. The molecular weight excluding hydrogens is 254 g/mol. The van der Waals surface area contributed by atoms with E-state index >= 15 is 0 Å². The second-order valence-corrected chi connectivity index (χ2v) is 4.10. The average Bonchev–Trinajstić information content (AvgIpc) is 2.61. The van der Waals surface area contributed by atoms with Gasteiger partial charge in [0.15, 0.2) is 18.6 Å². The van der Waals surface area contributed by atoms with Crippen molar-refractivity contribution < 1.29 is 33.3 Å². The zero-order chi connectivity index (χ0) is 13.4. The minimum atomic E-state index is -1.97. The summed E-state index contributed by atoms with van der Waals surface area (Å²) in [6.45, 7) is -1.31. The number of rotatable bonds is 2. The highest BCUT2D eigenvalue weighted by molar-refractivity contribution is 5.99. The van der Waals surface area contributed by atoms with Gasteiger partial charge in [0.2, 0.25) is 0 Å². The van der Waals surface area contributed by atoms with E-state index in [0.29, 0.717) is 4.90 Å². The molecule has 1 unspecified atom stereocenters. The second kappa shape index (κ2) is 4.75. The van der Waals surface area contributed by atoms with Crippen LogP contribution in [0.25, 0.3) is 0 Å². The van der Waals surface area contributed by atoms with Crippen LogP contribution in [-0.4, -0.2) is 71.0 Å². The van der Waals surface area contributed by atoms with E-state index in [1.807, 2.05) is 0 Å². The SMILES string of the molecule is O=C1NC(=O)N([C@@H]2O[C@H](CO)[C@@H](F)[C@H]2O)CC1F. The van der Waals surface area contributed by atoms with Crippen molar-refractivity contribution in [2.75, 3.05) is 13.2 Å². The number of hydrogen-bond acceptors (Lipinski definition) is 5. The summed E-state index contributed by atoms with van der Waals surface area (Å²) in [5.74, 6) is -1.08. The lowest BCUT2D eigenvalue weighted by molar-refractivity contribution is -0.132. The summed E-state index contributed by atoms with van der Waals surface area (Å²) in [6, 6.07) is -0.969. The molecule has 3 amide bonds. The monoisotopic (exact) mass is 266 g/mol. The smallest absolute Gasteiger partial charge is 0.326 e. The number of nitrogens with one attached hydrogen (secondary N) is 1. The van der Waals surface area contributed by atoms with Crippen molar-refractivity contribution in [3.05, 3.63) is 0 Å². The zero-order valence-corrected chi connectivity index (χ0v) is 9.12. The quantitative estimate of drug-likeness (QED) is 0.553. The van der Waals surface area contributed by atoms with E-state index in [4.69, 9.17) is 9.84 Å². The first-order valence-corrected chi connectivity index (χ1v) is 5.29. The molecular formula is C9H12F2N2O5. The second-order valence-electron chi connectivity index (χ2n) is 4.10. The minimum Gasteiger partial charge on any atom is -0.394 e. The first kappa shape index (κ1) is 13.1. The summed E-state index contributed by atoms with van der Waals surface area (Å²) >= 11 is 0. The molecule has 0 aromatic rings. The third kappa shape index (κ3) is 2.04. The number of alkyl halides is 2. The van der Waals surface area contributed by atoms with Gasteiger partial charge in [0.25, 0.3) is 5.91 Å². The van der Waals surface area contributed by atoms with Crippen LogP contribution >= 0.6 is 0 Å². The normalized spacial score (nSPS) is 41.1. The van der Waals surface area contributed by atoms with E-state index in [1.165, 1.54) is 0 Å². The Kier molecular flexibility index (Phi) is 3.46. The molecule has 2 aliphatic heterocycles. The van der Waals surface area contributed by atoms with Gasteiger partial charge >= 0.3 is 6.03 Å². The Hall–Kier alpha value is -1.32. The fourth-order valence-corrected chi connectivity index (χ4v) is 1.93. The van der Waals surface area contributed by atoms with E-state index in [-0.39, 0.29) is 0 Å². The highest BCUT2D eigenvalue weighted by Gasteiger charge is 2.50. The zero-order valence-electron chi connectivity index (χ0n) is 9.12. The van der Waals surface area contributed by atoms with Crippen LogP contribution in [0.1, 0.15) is 0 Å². The maximum absolute atomic E-state index is 13.4. The van der Waals surface area contributed by atoms with Crippen molar-refractivity contribution >= 4 is 11.9 Å². The lowest BCUT2D eigenvalue weighted by Gasteiger charge is -2.33. The Labute approximate surface area is 100 Å². The number of ether oxygens (including phenoxy) is 1. The lowest BCUT2D eigenvalue weighted by Crippen LogP contribution is -2.60. The van der Waals surface area contributed by atoms with Crippen molar-refractivity contribution in [1.29, 1.82) is 0 Å². The number of carbonyl (C=O) groups excluding carboxylic acids is 2. The Morgan fingerprint density at radius 2 is 2.11 bits per heavy atom. The van der Waals surface area contributed by atoms with Crippen LogP contribution in [0.3, 0.4) is 0 Å². The number of hydrogen-bond donors (Lipinski definition) is 3. The van der Waals surface area contributed by atoms with E-state index in [0.717, 1.165) is 0 Å². The molecule has 0 saturated carbocycles. The van der Waals surface area contributed by atoms with E-state index < -0.39 is 55.9 Å². The topological polar surface area (TPSA) is 99.1 Å². The van der Waals surface area contributed by atoms with E-state index in [1.54, 1.807) is 5.32 Å². The van der Waals surface area contributed by atoms with Gasteiger partial charge in [-0.1, -0.05) is 0 Å². The number of carbonyl (C=O) groups is 2. The van der Waals surface area contributed by atoms with Crippen molar-refractivity contribution in [2.45, 2.75) is 30.8 Å². The van der Waals surface area contributed by atoms with Gasteiger partial charge < -0.3 is 14.9 Å². The number of imide groups is 1. The fraction of sp³-hybridized carbons (Fsp3) is 0.778. The van der Waals surface area contributed by atoms with Gasteiger partial charge in [0, 0.05) is 0 Å². The number of amides is 3. The first-order valence-electron chi connectivity index (χ1n) is 5.29. The van der Waals surface area contributed by atoms with Crippen LogP contribution in [-0.2, 0) is 9.53 Å². The third-order valence-corrected chi connectivity index (χ3v) is 2.91. The summed E-state index contributed by atoms with van der Waals surface area (Å²) in [6.07, 6.45) is -8.27. The molecule has 0 spiro atoms. The summed E-state index contributed by atoms with van der Waals surface area (Å²) in [5.41, 5.74) is 0. The van der Waals surface area contributed by atoms with Crippen LogP contribution < -0.4 is 5.32 Å². The summed E-state index contributed by atoms with van der Waals surface area (Å²) < 4.78 is 31.5. The maximum Gasteiger partial charge on any atom is 0.326 e. The number of aliphatic hydroxyl groups is 2. The van der Waals surface area contributed by atoms with Crippen molar-refractivity contribution in [2.24, 2.45) is 0 Å². The number of aliphatic hydroxyl groups excluding tert-OH is 2. The highest BCUT2D eigenvalue weighted by atomic mass is 19.1. The summed E-state index contributed by atoms with van der Waals surface area (Å²) in [5, 5.41) is 20.1. The molecule has 0 aliphatic carbocycles. The van der Waals surface area contributed by atoms with Gasteiger partial charge in [-0.05, 0) is 0 Å². The van der Waals surface area contributed by atoms with Gasteiger partial charge in [-0.3, -0.25) is 15.0 Å². The van der Waals surface area contributed by atoms with Crippen molar-refractivity contribution in [1.82, 2.24) is 10.2 Å². The third-order valence-electron chi connectivity index (χ3n) is 2.91. The van der Waals surface area contributed by atoms with Gasteiger partial charge in [0.05, 0.1) is 13.2 Å². The maximum atomic E-state index is 13.4. The van der Waals surface area contributed by atoms with Crippen LogP contribution in [0.5, 0.6) is 0 Å². The molecule has 7 nitrogen and oxygen atoms in total. The summed E-state index contributed by atoms with van der Waals surface area (Å²) in [7, 11) is 0. The molecule has 0 bridgehead atoms. The Morgan fingerprint density at radius 1 is 1.44 bits per heavy atom. The molecule has 5 atom stereocenters. The molecule has 2 saturated heterocycles. The molecule has 0 aromatic heterocycles. The van der Waals surface area contributed by atoms with Gasteiger partial charge in [-0.2, -0.15) is 0 Å². The summed E-state index contributed by atoms with van der Waals surface area (Å²) in [4.78, 5) is 23.0. The molecule has 2 fully saturated rings. The van der Waals surface area contributed by atoms with Crippen LogP contribution in [0.15, 0.2) is 0 Å². The number of urea groups is 1. The van der Waals surface area contributed by atoms with Crippen LogP contribution in [0.2, 0.25) is 0 Å². The van der Waals surface area contributed by atoms with Gasteiger partial charge in [-0.15, -0.1) is 0 Å². The highest BCUT2D eigenvalue weighted by Crippen LogP contribution is 2.27. The minimum absolute atomic E-state index is 0.628. The molecule has 18 heavy (non-hydrogen) atoms. The molecule has 9 heteroatoms. The molecule has 2 rings (SSSR count). The Balaban J connectivity index is 2.12. The van der Waals surface area contributed by atoms with Crippen LogP contribution in [0.4, 0.5) is 13.6 Å². The van der Waals surface area contributed by atoms with E-state index in [9.17, 15) is 23.5 Å². The standard InChI is InChI=1S/C9H12F2N2O5/c10-3-1-13(9(17)12-7(3)16)8-6(15)5(11)4(2-14)18-8/h3-6,8,14-15H,1-2H2,(H,12,16,17)/t3?,4-,5-,6-,8-/m1/s1. The first-order chi connectivity index (χ1) is 8.45. The molecule has 0 aromatic carbocycles. The fourth-order valence-electron chi connectivity index (χ4n) is 1.93.